The summed E-state index contributed by atoms with van der Waals surface area (Å²) < 4.78 is 5.23. The van der Waals surface area contributed by atoms with Gasteiger partial charge >= 0.3 is 0 Å². The van der Waals surface area contributed by atoms with E-state index in [1.807, 2.05) is 24.3 Å². The third-order valence-electron chi connectivity index (χ3n) is 4.97. The van der Waals surface area contributed by atoms with Gasteiger partial charge in [0.15, 0.2) is 0 Å². The fourth-order valence-corrected chi connectivity index (χ4v) is 3.23. The number of carbonyl (C=O) groups is 1. The van der Waals surface area contributed by atoms with Crippen molar-refractivity contribution >= 4 is 17.3 Å². The second-order valence-electron chi connectivity index (χ2n) is 7.14. The predicted octanol–water partition coefficient (Wildman–Crippen LogP) is 2.45. The summed E-state index contributed by atoms with van der Waals surface area (Å²) in [6.45, 7) is 4.17. The van der Waals surface area contributed by atoms with Crippen LogP contribution in [0.15, 0.2) is 53.3 Å². The SMILES string of the molecule is CN1CCN(c2ccc(NC(=O)CCc3nc(-c4cccnc4)no3)cc2)CC1. The zero-order valence-electron chi connectivity index (χ0n) is 16.4. The summed E-state index contributed by atoms with van der Waals surface area (Å²) in [4.78, 5) is 25.3. The standard InChI is InChI=1S/C21H24N6O2/c1-26-11-13-27(14-12-26)18-6-4-17(5-7-18)23-19(28)8-9-20-24-21(25-29-20)16-3-2-10-22-15-16/h2-7,10,15H,8-9,11-14H2,1H3,(H,23,28). The molecule has 0 aliphatic carbocycles. The molecule has 3 aromatic rings. The summed E-state index contributed by atoms with van der Waals surface area (Å²) in [5.41, 5.74) is 2.76. The van der Waals surface area contributed by atoms with Crippen LogP contribution >= 0.6 is 0 Å². The first-order valence-electron chi connectivity index (χ1n) is 9.74. The van der Waals surface area contributed by atoms with Gasteiger partial charge in [0.05, 0.1) is 0 Å². The fourth-order valence-electron chi connectivity index (χ4n) is 3.23. The van der Waals surface area contributed by atoms with Gasteiger partial charge in [0, 0.05) is 68.4 Å². The predicted molar refractivity (Wildman–Crippen MR) is 111 cm³/mol. The monoisotopic (exact) mass is 392 g/mol. The zero-order chi connectivity index (χ0) is 20.1. The van der Waals surface area contributed by atoms with Crippen molar-refractivity contribution in [1.29, 1.82) is 0 Å². The number of pyridine rings is 1. The molecule has 0 unspecified atom stereocenters. The highest BCUT2D eigenvalue weighted by Gasteiger charge is 2.14. The zero-order valence-corrected chi connectivity index (χ0v) is 16.4. The molecule has 150 valence electrons. The molecule has 1 saturated heterocycles. The highest BCUT2D eigenvalue weighted by molar-refractivity contribution is 5.90. The largest absolute Gasteiger partial charge is 0.369 e. The van der Waals surface area contributed by atoms with E-state index in [1.165, 1.54) is 5.69 Å². The molecule has 2 aromatic heterocycles. The Hall–Kier alpha value is -3.26. The van der Waals surface area contributed by atoms with Crippen LogP contribution < -0.4 is 10.2 Å². The van der Waals surface area contributed by atoms with E-state index in [1.54, 1.807) is 12.4 Å². The van der Waals surface area contributed by atoms with E-state index in [9.17, 15) is 4.79 Å². The summed E-state index contributed by atoms with van der Waals surface area (Å²) in [6, 6.07) is 11.7. The molecule has 8 heteroatoms. The van der Waals surface area contributed by atoms with Gasteiger partial charge in [0.25, 0.3) is 0 Å². The second-order valence-corrected chi connectivity index (χ2v) is 7.14. The van der Waals surface area contributed by atoms with Crippen LogP contribution in [0.4, 0.5) is 11.4 Å². The van der Waals surface area contributed by atoms with Crippen LogP contribution in [-0.2, 0) is 11.2 Å². The molecule has 0 saturated carbocycles. The Morgan fingerprint density at radius 1 is 1.14 bits per heavy atom. The minimum atomic E-state index is -0.0847. The first-order valence-corrected chi connectivity index (χ1v) is 9.74. The van der Waals surface area contributed by atoms with Gasteiger partial charge in [-0.25, -0.2) is 0 Å². The first kappa shape index (κ1) is 19.1. The number of aryl methyl sites for hydroxylation is 1. The van der Waals surface area contributed by atoms with E-state index >= 15 is 0 Å². The van der Waals surface area contributed by atoms with Crippen molar-refractivity contribution in [3.05, 3.63) is 54.7 Å². The average Bonchev–Trinajstić information content (AvgIpc) is 3.23. The molecule has 1 N–H and O–H groups in total. The maximum absolute atomic E-state index is 12.3. The number of carbonyl (C=O) groups excluding carboxylic acids is 1. The molecule has 29 heavy (non-hydrogen) atoms. The minimum absolute atomic E-state index is 0.0847. The quantitative estimate of drug-likeness (QED) is 0.689. The van der Waals surface area contributed by atoms with Gasteiger partial charge in [-0.15, -0.1) is 0 Å². The molecule has 4 rings (SSSR count). The van der Waals surface area contributed by atoms with Crippen molar-refractivity contribution in [3.8, 4) is 11.4 Å². The number of hydrogen-bond donors (Lipinski definition) is 1. The summed E-state index contributed by atoms with van der Waals surface area (Å²) in [7, 11) is 2.14. The lowest BCUT2D eigenvalue weighted by molar-refractivity contribution is -0.116. The summed E-state index contributed by atoms with van der Waals surface area (Å²) in [5, 5.41) is 6.86. The van der Waals surface area contributed by atoms with Crippen LogP contribution in [0.3, 0.4) is 0 Å². The summed E-state index contributed by atoms with van der Waals surface area (Å²) >= 11 is 0. The van der Waals surface area contributed by atoms with E-state index in [4.69, 9.17) is 4.52 Å². The molecule has 1 aliphatic heterocycles. The number of nitrogens with one attached hydrogen (secondary N) is 1. The first-order chi connectivity index (χ1) is 14.2. The van der Waals surface area contributed by atoms with Crippen molar-refractivity contribution in [2.24, 2.45) is 0 Å². The number of hydrogen-bond acceptors (Lipinski definition) is 7. The highest BCUT2D eigenvalue weighted by Crippen LogP contribution is 2.20. The smallest absolute Gasteiger partial charge is 0.227 e. The van der Waals surface area contributed by atoms with Crippen LogP contribution in [0, 0.1) is 0 Å². The Morgan fingerprint density at radius 3 is 2.66 bits per heavy atom. The van der Waals surface area contributed by atoms with E-state index in [0.717, 1.165) is 37.4 Å². The Morgan fingerprint density at radius 2 is 1.93 bits per heavy atom. The summed E-state index contributed by atoms with van der Waals surface area (Å²) in [6.07, 6.45) is 4.02. The number of amides is 1. The molecule has 0 bridgehead atoms. The summed E-state index contributed by atoms with van der Waals surface area (Å²) in [5.74, 6) is 0.830. The van der Waals surface area contributed by atoms with Crippen LogP contribution in [0.1, 0.15) is 12.3 Å². The van der Waals surface area contributed by atoms with Crippen molar-refractivity contribution in [2.45, 2.75) is 12.8 Å². The lowest BCUT2D eigenvalue weighted by atomic mass is 10.2. The van der Waals surface area contributed by atoms with Crippen molar-refractivity contribution in [3.63, 3.8) is 0 Å². The van der Waals surface area contributed by atoms with Crippen molar-refractivity contribution in [2.75, 3.05) is 43.4 Å². The van der Waals surface area contributed by atoms with E-state index in [2.05, 4.69) is 49.4 Å². The normalized spacial score (nSPS) is 14.7. The molecule has 1 aromatic carbocycles. The molecule has 1 fully saturated rings. The Bertz CT molecular complexity index is 933. The number of anilines is 2. The van der Waals surface area contributed by atoms with Gasteiger partial charge in [-0.1, -0.05) is 5.16 Å². The van der Waals surface area contributed by atoms with Gasteiger partial charge in [-0.3, -0.25) is 9.78 Å². The average molecular weight is 392 g/mol. The fraction of sp³-hybridized carbons (Fsp3) is 0.333. The van der Waals surface area contributed by atoms with Gasteiger partial charge < -0.3 is 19.6 Å². The number of likely N-dealkylation sites (N-methyl/N-ethyl adjacent to an activating group) is 1. The molecule has 8 nitrogen and oxygen atoms in total. The Balaban J connectivity index is 1.27. The molecule has 0 spiro atoms. The molecule has 1 amide bonds. The van der Waals surface area contributed by atoms with Gasteiger partial charge in [0.1, 0.15) is 0 Å². The lowest BCUT2D eigenvalue weighted by Crippen LogP contribution is -2.44. The molecule has 3 heterocycles. The molecular formula is C21H24N6O2. The Labute approximate surface area is 169 Å². The third kappa shape index (κ3) is 4.97. The maximum atomic E-state index is 12.3. The minimum Gasteiger partial charge on any atom is -0.369 e. The van der Waals surface area contributed by atoms with Crippen LogP contribution in [0.2, 0.25) is 0 Å². The molecule has 0 radical (unpaired) electrons. The number of benzene rings is 1. The van der Waals surface area contributed by atoms with Crippen molar-refractivity contribution < 1.29 is 9.32 Å². The highest BCUT2D eigenvalue weighted by atomic mass is 16.5. The number of aromatic nitrogens is 3. The molecule has 1 aliphatic rings. The topological polar surface area (TPSA) is 87.4 Å². The lowest BCUT2D eigenvalue weighted by Gasteiger charge is -2.34. The third-order valence-corrected chi connectivity index (χ3v) is 4.97. The van der Waals surface area contributed by atoms with E-state index in [0.29, 0.717) is 18.1 Å². The molecular weight excluding hydrogens is 368 g/mol. The maximum Gasteiger partial charge on any atom is 0.227 e. The number of nitrogens with zero attached hydrogens (tertiary/aromatic N) is 5. The molecule has 0 atom stereocenters. The van der Waals surface area contributed by atoms with Crippen molar-refractivity contribution in [1.82, 2.24) is 20.0 Å². The number of piperazine rings is 1. The van der Waals surface area contributed by atoms with Crippen LogP contribution in [0.25, 0.3) is 11.4 Å². The van der Waals surface area contributed by atoms with Gasteiger partial charge in [-0.2, -0.15) is 4.98 Å². The van der Waals surface area contributed by atoms with Crippen LogP contribution in [0.5, 0.6) is 0 Å². The van der Waals surface area contributed by atoms with Crippen LogP contribution in [-0.4, -0.2) is 59.2 Å². The van der Waals surface area contributed by atoms with E-state index in [-0.39, 0.29) is 12.3 Å². The Kier molecular flexibility index (Phi) is 5.81. The number of rotatable bonds is 6. The second kappa shape index (κ2) is 8.83. The van der Waals surface area contributed by atoms with Gasteiger partial charge in [-0.05, 0) is 43.4 Å². The van der Waals surface area contributed by atoms with Gasteiger partial charge in [0.2, 0.25) is 17.6 Å². The van der Waals surface area contributed by atoms with E-state index < -0.39 is 0 Å².